The van der Waals surface area contributed by atoms with E-state index in [1.54, 1.807) is 17.4 Å². The molecule has 0 aliphatic rings. The van der Waals surface area contributed by atoms with Crippen molar-refractivity contribution in [2.45, 2.75) is 6.54 Å². The number of thiophene rings is 1. The molecule has 0 spiro atoms. The van der Waals surface area contributed by atoms with Gasteiger partial charge in [0.15, 0.2) is 0 Å². The largest absolute Gasteiger partial charge is 0.311 e. The van der Waals surface area contributed by atoms with Crippen LogP contribution in [-0.2, 0) is 6.54 Å². The summed E-state index contributed by atoms with van der Waals surface area (Å²) in [6.07, 6.45) is 0. The Labute approximate surface area is 105 Å². The molecule has 0 aliphatic heterocycles. The summed E-state index contributed by atoms with van der Waals surface area (Å²) in [6.45, 7) is 2.85. The number of likely N-dealkylation sites (N-methyl/N-ethyl adjacent to an activating group) is 1. The normalized spacial score (nSPS) is 11.5. The van der Waals surface area contributed by atoms with Crippen molar-refractivity contribution in [3.63, 3.8) is 0 Å². The lowest BCUT2D eigenvalue weighted by molar-refractivity contribution is 0.400. The Morgan fingerprint density at radius 1 is 1.29 bits per heavy atom. The van der Waals surface area contributed by atoms with Gasteiger partial charge in [0.05, 0.1) is 0 Å². The number of nitrogens with zero attached hydrogens (tertiary/aromatic N) is 1. The SMILES string of the molecule is CN(C)CCNCc1cc2ccc(F)cc2s1. The standard InChI is InChI=1S/C13H17FN2S/c1-16(2)6-5-15-9-12-7-10-3-4-11(14)8-13(10)17-12/h3-4,7-8,15H,5-6,9H2,1-2H3. The molecule has 1 heterocycles. The Morgan fingerprint density at radius 2 is 2.12 bits per heavy atom. The summed E-state index contributed by atoms with van der Waals surface area (Å²) >= 11 is 1.65. The highest BCUT2D eigenvalue weighted by Crippen LogP contribution is 2.26. The predicted molar refractivity (Wildman–Crippen MR) is 72.0 cm³/mol. The Bertz CT molecular complexity index is 493. The smallest absolute Gasteiger partial charge is 0.124 e. The summed E-state index contributed by atoms with van der Waals surface area (Å²) in [5.74, 6) is -0.161. The maximum atomic E-state index is 13.0. The first-order chi connectivity index (χ1) is 8.15. The minimum absolute atomic E-state index is 0.161. The first kappa shape index (κ1) is 12.5. The zero-order valence-corrected chi connectivity index (χ0v) is 11.0. The van der Waals surface area contributed by atoms with E-state index in [-0.39, 0.29) is 5.82 Å². The number of benzene rings is 1. The van der Waals surface area contributed by atoms with Crippen LogP contribution in [0.4, 0.5) is 4.39 Å². The molecule has 17 heavy (non-hydrogen) atoms. The van der Waals surface area contributed by atoms with Gasteiger partial charge in [-0.15, -0.1) is 11.3 Å². The molecule has 2 nitrogen and oxygen atoms in total. The Balaban J connectivity index is 1.95. The molecule has 0 saturated heterocycles. The lowest BCUT2D eigenvalue weighted by Gasteiger charge is -2.09. The van der Waals surface area contributed by atoms with Gasteiger partial charge in [0.1, 0.15) is 5.82 Å². The summed E-state index contributed by atoms with van der Waals surface area (Å²) in [6, 6.07) is 7.08. The molecule has 0 aliphatic carbocycles. The van der Waals surface area contributed by atoms with Gasteiger partial charge >= 0.3 is 0 Å². The van der Waals surface area contributed by atoms with E-state index in [2.05, 4.69) is 30.4 Å². The number of fused-ring (bicyclic) bond motifs is 1. The number of nitrogens with one attached hydrogen (secondary N) is 1. The van der Waals surface area contributed by atoms with Crippen molar-refractivity contribution in [1.82, 2.24) is 10.2 Å². The molecule has 1 aromatic carbocycles. The fourth-order valence-electron chi connectivity index (χ4n) is 1.66. The van der Waals surface area contributed by atoms with Crippen LogP contribution < -0.4 is 5.32 Å². The van der Waals surface area contributed by atoms with E-state index >= 15 is 0 Å². The molecule has 1 N–H and O–H groups in total. The van der Waals surface area contributed by atoms with Crippen molar-refractivity contribution in [2.75, 3.05) is 27.2 Å². The van der Waals surface area contributed by atoms with Crippen LogP contribution >= 0.6 is 11.3 Å². The van der Waals surface area contributed by atoms with E-state index in [0.29, 0.717) is 0 Å². The maximum absolute atomic E-state index is 13.0. The van der Waals surface area contributed by atoms with Crippen LogP contribution in [0, 0.1) is 5.82 Å². The zero-order chi connectivity index (χ0) is 12.3. The molecular formula is C13H17FN2S. The summed E-state index contributed by atoms with van der Waals surface area (Å²) in [5.41, 5.74) is 0. The van der Waals surface area contributed by atoms with E-state index in [1.807, 2.05) is 6.07 Å². The van der Waals surface area contributed by atoms with E-state index in [0.717, 1.165) is 29.7 Å². The summed E-state index contributed by atoms with van der Waals surface area (Å²) < 4.78 is 14.0. The maximum Gasteiger partial charge on any atom is 0.124 e. The molecule has 4 heteroatoms. The van der Waals surface area contributed by atoms with Crippen LogP contribution in [0.5, 0.6) is 0 Å². The zero-order valence-electron chi connectivity index (χ0n) is 10.2. The highest BCUT2D eigenvalue weighted by Gasteiger charge is 2.02. The fraction of sp³-hybridized carbons (Fsp3) is 0.385. The van der Waals surface area contributed by atoms with Gasteiger partial charge in [-0.3, -0.25) is 0 Å². The number of halogens is 1. The van der Waals surface area contributed by atoms with Gasteiger partial charge in [-0.2, -0.15) is 0 Å². The van der Waals surface area contributed by atoms with Crippen molar-refractivity contribution in [2.24, 2.45) is 0 Å². The Hall–Kier alpha value is -0.970. The van der Waals surface area contributed by atoms with E-state index in [4.69, 9.17) is 0 Å². The van der Waals surface area contributed by atoms with Gasteiger partial charge in [0.2, 0.25) is 0 Å². The minimum Gasteiger partial charge on any atom is -0.311 e. The number of rotatable bonds is 5. The molecule has 0 atom stereocenters. The summed E-state index contributed by atoms with van der Waals surface area (Å²) in [4.78, 5) is 3.40. The molecule has 92 valence electrons. The molecule has 0 saturated carbocycles. The van der Waals surface area contributed by atoms with Crippen LogP contribution in [0.2, 0.25) is 0 Å². The molecule has 0 radical (unpaired) electrons. The van der Waals surface area contributed by atoms with Gasteiger partial charge in [-0.25, -0.2) is 4.39 Å². The average molecular weight is 252 g/mol. The topological polar surface area (TPSA) is 15.3 Å². The third kappa shape index (κ3) is 3.49. The van der Waals surface area contributed by atoms with Crippen LogP contribution in [-0.4, -0.2) is 32.1 Å². The van der Waals surface area contributed by atoms with Crippen molar-refractivity contribution < 1.29 is 4.39 Å². The number of hydrogen-bond donors (Lipinski definition) is 1. The highest BCUT2D eigenvalue weighted by molar-refractivity contribution is 7.19. The van der Waals surface area contributed by atoms with Crippen molar-refractivity contribution in [3.8, 4) is 0 Å². The lowest BCUT2D eigenvalue weighted by atomic mass is 10.2. The van der Waals surface area contributed by atoms with Gasteiger partial charge in [-0.1, -0.05) is 6.07 Å². The Kier molecular flexibility index (Phi) is 4.10. The van der Waals surface area contributed by atoms with Crippen molar-refractivity contribution in [1.29, 1.82) is 0 Å². The summed E-state index contributed by atoms with van der Waals surface area (Å²) in [5, 5.41) is 4.51. The van der Waals surface area contributed by atoms with Crippen LogP contribution in [0.1, 0.15) is 4.88 Å². The second kappa shape index (κ2) is 5.58. The van der Waals surface area contributed by atoms with E-state index in [1.165, 1.54) is 10.9 Å². The van der Waals surface area contributed by atoms with Crippen LogP contribution in [0.3, 0.4) is 0 Å². The molecule has 1 aromatic heterocycles. The Morgan fingerprint density at radius 3 is 2.88 bits per heavy atom. The molecule has 0 amide bonds. The average Bonchev–Trinajstić information content (AvgIpc) is 2.66. The van der Waals surface area contributed by atoms with E-state index < -0.39 is 0 Å². The van der Waals surface area contributed by atoms with Crippen LogP contribution in [0.25, 0.3) is 10.1 Å². The van der Waals surface area contributed by atoms with Gasteiger partial charge in [-0.05, 0) is 37.7 Å². The van der Waals surface area contributed by atoms with Gasteiger partial charge in [0.25, 0.3) is 0 Å². The van der Waals surface area contributed by atoms with Crippen molar-refractivity contribution >= 4 is 21.4 Å². The van der Waals surface area contributed by atoms with Gasteiger partial charge in [0, 0.05) is 29.2 Å². The first-order valence-corrected chi connectivity index (χ1v) is 6.50. The van der Waals surface area contributed by atoms with Crippen molar-refractivity contribution in [3.05, 3.63) is 35.0 Å². The molecule has 0 fully saturated rings. The first-order valence-electron chi connectivity index (χ1n) is 5.68. The third-order valence-electron chi connectivity index (χ3n) is 2.57. The quantitative estimate of drug-likeness (QED) is 0.823. The summed E-state index contributed by atoms with van der Waals surface area (Å²) in [7, 11) is 4.12. The van der Waals surface area contributed by atoms with Crippen LogP contribution in [0.15, 0.2) is 24.3 Å². The second-order valence-electron chi connectivity index (χ2n) is 4.37. The number of hydrogen-bond acceptors (Lipinski definition) is 3. The minimum atomic E-state index is -0.161. The highest BCUT2D eigenvalue weighted by atomic mass is 32.1. The second-order valence-corrected chi connectivity index (χ2v) is 5.54. The monoisotopic (exact) mass is 252 g/mol. The molecule has 0 unspecified atom stereocenters. The van der Waals surface area contributed by atoms with E-state index in [9.17, 15) is 4.39 Å². The van der Waals surface area contributed by atoms with Gasteiger partial charge < -0.3 is 10.2 Å². The fourth-order valence-corrected chi connectivity index (χ4v) is 2.72. The molecule has 2 rings (SSSR count). The lowest BCUT2D eigenvalue weighted by Crippen LogP contribution is -2.25. The molecule has 0 bridgehead atoms. The third-order valence-corrected chi connectivity index (χ3v) is 3.67. The predicted octanol–water partition coefficient (Wildman–Crippen LogP) is 2.69. The molecular weight excluding hydrogens is 235 g/mol. The molecule has 2 aromatic rings.